The minimum Gasteiger partial charge on any atom is -0.334 e. The molecule has 0 fully saturated rings. The molecule has 3 aromatic heterocycles. The fourth-order valence-corrected chi connectivity index (χ4v) is 3.02. The Morgan fingerprint density at radius 3 is 2.65 bits per heavy atom. The first-order valence-corrected chi connectivity index (χ1v) is 8.33. The second-order valence-electron chi connectivity index (χ2n) is 6.23. The molecule has 0 aliphatic heterocycles. The predicted molar refractivity (Wildman–Crippen MR) is 101 cm³/mol. The highest BCUT2D eigenvalue weighted by Gasteiger charge is 2.13. The van der Waals surface area contributed by atoms with E-state index in [4.69, 9.17) is 4.52 Å². The van der Waals surface area contributed by atoms with E-state index in [2.05, 4.69) is 33.1 Å². The zero-order valence-electron chi connectivity index (χ0n) is 14.0. The summed E-state index contributed by atoms with van der Waals surface area (Å²) in [7, 11) is 0. The molecule has 5 nitrogen and oxygen atoms in total. The number of benzene rings is 2. The number of pyridine rings is 2. The van der Waals surface area contributed by atoms with Crippen LogP contribution in [-0.4, -0.2) is 20.1 Å². The van der Waals surface area contributed by atoms with Crippen molar-refractivity contribution in [3.05, 3.63) is 72.4 Å². The summed E-state index contributed by atoms with van der Waals surface area (Å²) in [5, 5.41) is 6.23. The molecule has 3 heterocycles. The summed E-state index contributed by atoms with van der Waals surface area (Å²) in [6.07, 6.45) is 1.78. The van der Waals surface area contributed by atoms with Crippen molar-refractivity contribution in [2.75, 3.05) is 0 Å². The van der Waals surface area contributed by atoms with Crippen LogP contribution in [0.25, 0.3) is 44.8 Å². The largest absolute Gasteiger partial charge is 0.334 e. The Kier molecular flexibility index (Phi) is 3.25. The van der Waals surface area contributed by atoms with E-state index in [-0.39, 0.29) is 0 Å². The molecule has 5 heteroatoms. The standard InChI is InChI=1S/C21H14N4O/c1-13-4-7-18-15(11-13)5-9-19(23-18)20-24-21(26-25-20)16-6-8-17-14(12-16)3-2-10-22-17/h2-12H,1H3. The van der Waals surface area contributed by atoms with E-state index < -0.39 is 0 Å². The summed E-state index contributed by atoms with van der Waals surface area (Å²) >= 11 is 0. The first-order chi connectivity index (χ1) is 12.8. The molecule has 0 atom stereocenters. The Hall–Kier alpha value is -3.60. The van der Waals surface area contributed by atoms with Gasteiger partial charge in [0.05, 0.1) is 11.0 Å². The topological polar surface area (TPSA) is 64.7 Å². The monoisotopic (exact) mass is 338 g/mol. The van der Waals surface area contributed by atoms with Gasteiger partial charge in [0.25, 0.3) is 5.89 Å². The Labute approximate surface area is 149 Å². The molecule has 5 rings (SSSR count). The highest BCUT2D eigenvalue weighted by Crippen LogP contribution is 2.25. The summed E-state index contributed by atoms with van der Waals surface area (Å²) in [6, 6.07) is 19.9. The van der Waals surface area contributed by atoms with Crippen LogP contribution in [0.15, 0.2) is 71.4 Å². The average Bonchev–Trinajstić information content (AvgIpc) is 3.17. The van der Waals surface area contributed by atoms with Gasteiger partial charge in [-0.25, -0.2) is 4.98 Å². The van der Waals surface area contributed by atoms with Gasteiger partial charge in [0.1, 0.15) is 5.69 Å². The van der Waals surface area contributed by atoms with Gasteiger partial charge < -0.3 is 4.52 Å². The van der Waals surface area contributed by atoms with Crippen molar-refractivity contribution in [3.8, 4) is 23.0 Å². The first-order valence-electron chi connectivity index (χ1n) is 8.33. The van der Waals surface area contributed by atoms with Crippen molar-refractivity contribution < 1.29 is 4.52 Å². The molecule has 0 spiro atoms. The molecule has 124 valence electrons. The molecule has 0 N–H and O–H groups in total. The fourth-order valence-electron chi connectivity index (χ4n) is 3.02. The lowest BCUT2D eigenvalue weighted by molar-refractivity contribution is 0.432. The number of aryl methyl sites for hydroxylation is 1. The van der Waals surface area contributed by atoms with Gasteiger partial charge in [-0.15, -0.1) is 0 Å². The third kappa shape index (κ3) is 2.50. The third-order valence-electron chi connectivity index (χ3n) is 4.35. The molecule has 5 aromatic rings. The Morgan fingerprint density at radius 2 is 1.69 bits per heavy atom. The fraction of sp³-hybridized carbons (Fsp3) is 0.0476. The normalized spacial score (nSPS) is 11.3. The van der Waals surface area contributed by atoms with E-state index in [0.29, 0.717) is 17.4 Å². The van der Waals surface area contributed by atoms with E-state index in [1.54, 1.807) is 6.20 Å². The molecular formula is C21H14N4O. The minimum absolute atomic E-state index is 0.469. The lowest BCUT2D eigenvalue weighted by Gasteiger charge is -2.00. The zero-order chi connectivity index (χ0) is 17.5. The maximum Gasteiger partial charge on any atom is 0.258 e. The number of rotatable bonds is 2. The summed E-state index contributed by atoms with van der Waals surface area (Å²) in [6.45, 7) is 2.07. The maximum atomic E-state index is 5.46. The number of hydrogen-bond donors (Lipinski definition) is 0. The molecule has 0 aliphatic carbocycles. The van der Waals surface area contributed by atoms with Crippen molar-refractivity contribution in [1.82, 2.24) is 20.1 Å². The number of aromatic nitrogens is 4. The number of hydrogen-bond acceptors (Lipinski definition) is 5. The van der Waals surface area contributed by atoms with Gasteiger partial charge in [-0.05, 0) is 49.4 Å². The maximum absolute atomic E-state index is 5.46. The van der Waals surface area contributed by atoms with Crippen molar-refractivity contribution in [3.63, 3.8) is 0 Å². The quantitative estimate of drug-likeness (QED) is 0.462. The van der Waals surface area contributed by atoms with Crippen molar-refractivity contribution >= 4 is 21.8 Å². The van der Waals surface area contributed by atoms with Gasteiger partial charge in [0.15, 0.2) is 0 Å². The van der Waals surface area contributed by atoms with Gasteiger partial charge in [-0.1, -0.05) is 28.9 Å². The Balaban J connectivity index is 1.55. The first kappa shape index (κ1) is 14.7. The van der Waals surface area contributed by atoms with E-state index in [9.17, 15) is 0 Å². The van der Waals surface area contributed by atoms with Crippen LogP contribution >= 0.6 is 0 Å². The van der Waals surface area contributed by atoms with E-state index in [0.717, 1.165) is 27.4 Å². The molecule has 0 bridgehead atoms. The Morgan fingerprint density at radius 1 is 0.808 bits per heavy atom. The number of fused-ring (bicyclic) bond motifs is 2. The van der Waals surface area contributed by atoms with Crippen LogP contribution in [0.4, 0.5) is 0 Å². The van der Waals surface area contributed by atoms with Crippen molar-refractivity contribution in [1.29, 1.82) is 0 Å². The molecule has 26 heavy (non-hydrogen) atoms. The molecule has 0 amide bonds. The number of nitrogens with zero attached hydrogens (tertiary/aromatic N) is 4. The van der Waals surface area contributed by atoms with Crippen LogP contribution in [0.5, 0.6) is 0 Å². The van der Waals surface area contributed by atoms with E-state index in [1.807, 2.05) is 54.6 Å². The lowest BCUT2D eigenvalue weighted by atomic mass is 10.1. The second-order valence-corrected chi connectivity index (χ2v) is 6.23. The molecular weight excluding hydrogens is 324 g/mol. The van der Waals surface area contributed by atoms with Crippen molar-refractivity contribution in [2.24, 2.45) is 0 Å². The van der Waals surface area contributed by atoms with Crippen LogP contribution in [-0.2, 0) is 0 Å². The van der Waals surface area contributed by atoms with Crippen LogP contribution in [0.2, 0.25) is 0 Å². The molecule has 0 radical (unpaired) electrons. The van der Waals surface area contributed by atoms with Gasteiger partial charge in [0, 0.05) is 22.5 Å². The minimum atomic E-state index is 0.469. The molecule has 0 saturated carbocycles. The second kappa shape index (κ2) is 5.74. The molecule has 0 aliphatic rings. The predicted octanol–water partition coefficient (Wildman–Crippen LogP) is 4.81. The zero-order valence-corrected chi connectivity index (χ0v) is 14.0. The van der Waals surface area contributed by atoms with Gasteiger partial charge >= 0.3 is 0 Å². The summed E-state index contributed by atoms with van der Waals surface area (Å²) in [5.41, 5.74) is 4.61. The smallest absolute Gasteiger partial charge is 0.258 e. The van der Waals surface area contributed by atoms with Gasteiger partial charge in [0.2, 0.25) is 5.82 Å². The van der Waals surface area contributed by atoms with Crippen LogP contribution in [0, 0.1) is 6.92 Å². The molecule has 0 unspecified atom stereocenters. The Bertz CT molecular complexity index is 1260. The average molecular weight is 338 g/mol. The highest BCUT2D eigenvalue weighted by molar-refractivity contribution is 5.83. The highest BCUT2D eigenvalue weighted by atomic mass is 16.5. The van der Waals surface area contributed by atoms with Crippen LogP contribution < -0.4 is 0 Å². The van der Waals surface area contributed by atoms with Gasteiger partial charge in [-0.3, -0.25) is 4.98 Å². The van der Waals surface area contributed by atoms with E-state index >= 15 is 0 Å². The lowest BCUT2D eigenvalue weighted by Crippen LogP contribution is -1.88. The summed E-state index contributed by atoms with van der Waals surface area (Å²) in [5.74, 6) is 0.949. The van der Waals surface area contributed by atoms with Gasteiger partial charge in [-0.2, -0.15) is 4.98 Å². The SMILES string of the molecule is Cc1ccc2nc(-c3noc(-c4ccc5ncccc5c4)n3)ccc2c1. The molecule has 0 saturated heterocycles. The molecule has 2 aromatic carbocycles. The van der Waals surface area contributed by atoms with Crippen LogP contribution in [0.3, 0.4) is 0 Å². The van der Waals surface area contributed by atoms with Crippen LogP contribution in [0.1, 0.15) is 5.56 Å². The van der Waals surface area contributed by atoms with E-state index in [1.165, 1.54) is 5.56 Å². The summed E-state index contributed by atoms with van der Waals surface area (Å²) < 4.78 is 5.46. The third-order valence-corrected chi connectivity index (χ3v) is 4.35. The summed E-state index contributed by atoms with van der Waals surface area (Å²) in [4.78, 5) is 13.5. The van der Waals surface area contributed by atoms with Crippen molar-refractivity contribution in [2.45, 2.75) is 6.92 Å².